The van der Waals surface area contributed by atoms with Crippen molar-refractivity contribution in [2.24, 2.45) is 0 Å². The summed E-state index contributed by atoms with van der Waals surface area (Å²) in [7, 11) is 0.713. The van der Waals surface area contributed by atoms with Crippen LogP contribution in [0.15, 0.2) is 99.4 Å². The fraction of sp³-hybridized carbons (Fsp3) is 0.133. The van der Waals surface area contributed by atoms with Crippen molar-refractivity contribution < 1.29 is 8.39 Å². The van der Waals surface area contributed by atoms with Gasteiger partial charge in [-0.2, -0.15) is 0 Å². The first kappa shape index (κ1) is 21.0. The average Bonchev–Trinajstić information content (AvgIpc) is 3.04. The van der Waals surface area contributed by atoms with Crippen LogP contribution in [0.5, 0.6) is 0 Å². The van der Waals surface area contributed by atoms with Gasteiger partial charge in [-0.05, 0) is 64.2 Å². The second-order valence-electron chi connectivity index (χ2n) is 8.96. The molecule has 0 atom stereocenters. The highest BCUT2D eigenvalue weighted by molar-refractivity contribution is 7.38. The van der Waals surface area contributed by atoms with E-state index < -0.39 is 8.16 Å². The van der Waals surface area contributed by atoms with Gasteiger partial charge in [-0.3, -0.25) is 0 Å². The summed E-state index contributed by atoms with van der Waals surface area (Å²) in [6.45, 7) is 5.02. The summed E-state index contributed by atoms with van der Waals surface area (Å²) in [5, 5.41) is 7.05. The molecule has 6 aromatic rings. The molecule has 168 valence electrons. The first-order valence-electron chi connectivity index (χ1n) is 11.6. The van der Waals surface area contributed by atoms with Crippen LogP contribution in [0.3, 0.4) is 0 Å². The van der Waals surface area contributed by atoms with Crippen LogP contribution < -0.4 is 4.67 Å². The number of benzene rings is 5. The van der Waals surface area contributed by atoms with Gasteiger partial charge in [0.25, 0.3) is 0 Å². The van der Waals surface area contributed by atoms with Gasteiger partial charge >= 0.3 is 8.16 Å². The van der Waals surface area contributed by atoms with E-state index in [0.717, 1.165) is 39.6 Å². The summed E-state index contributed by atoms with van der Waals surface area (Å²) >= 11 is 0. The minimum absolute atomic E-state index is 0.746. The Labute approximate surface area is 199 Å². The van der Waals surface area contributed by atoms with Gasteiger partial charge in [0.1, 0.15) is 11.2 Å². The predicted molar refractivity (Wildman–Crippen MR) is 145 cm³/mol. The molecule has 0 unspecified atom stereocenters. The van der Waals surface area contributed by atoms with E-state index in [1.807, 2.05) is 6.07 Å². The Hall–Kier alpha value is -3.52. The molecule has 0 bridgehead atoms. The molecule has 0 fully saturated rings. The molecule has 3 nitrogen and oxygen atoms in total. The van der Waals surface area contributed by atoms with E-state index in [-0.39, 0.29) is 0 Å². The van der Waals surface area contributed by atoms with Gasteiger partial charge < -0.3 is 8.39 Å². The maximum absolute atomic E-state index is 6.78. The normalized spacial score (nSPS) is 11.8. The number of rotatable bonds is 3. The highest BCUT2D eigenvalue weighted by atomic mass is 31.1. The molecular weight excluding hydrogens is 437 g/mol. The van der Waals surface area contributed by atoms with Gasteiger partial charge in [0.15, 0.2) is 0 Å². The molecule has 0 spiro atoms. The van der Waals surface area contributed by atoms with Crippen LogP contribution >= 0.6 is 8.16 Å². The SMILES string of the molecule is Cc1cc2ccccc2c2c1op(N(C)Cc1ccccc1)oc1c(C)cc3ccccc3c12. The Balaban J connectivity index is 1.79. The van der Waals surface area contributed by atoms with Crippen LogP contribution in [0, 0.1) is 13.8 Å². The maximum Gasteiger partial charge on any atom is 0.309 e. The van der Waals surface area contributed by atoms with E-state index in [9.17, 15) is 0 Å². The van der Waals surface area contributed by atoms with Gasteiger partial charge in [0.2, 0.25) is 0 Å². The van der Waals surface area contributed by atoms with Crippen molar-refractivity contribution in [1.82, 2.24) is 0 Å². The maximum atomic E-state index is 6.78. The van der Waals surface area contributed by atoms with Crippen molar-refractivity contribution in [3.8, 4) is 0 Å². The standard InChI is InChI=1S/C30H26NO2P/c1-20-17-23-13-7-9-15-25(23)27-28-26-16-10-8-14-24(26)18-21(2)30(28)33-34(32-29(20)27)31(3)19-22-11-5-4-6-12-22/h4-18H,19H2,1-3H3. The number of fused-ring (bicyclic) bond motifs is 7. The highest BCUT2D eigenvalue weighted by Gasteiger charge is 2.18. The van der Waals surface area contributed by atoms with Crippen LogP contribution in [-0.2, 0) is 6.54 Å². The van der Waals surface area contributed by atoms with Crippen molar-refractivity contribution in [3.63, 3.8) is 0 Å². The molecule has 4 heteroatoms. The molecule has 0 amide bonds. The molecule has 0 aliphatic rings. The molecule has 5 aromatic carbocycles. The van der Waals surface area contributed by atoms with E-state index in [4.69, 9.17) is 8.39 Å². The van der Waals surface area contributed by atoms with Gasteiger partial charge in [-0.15, -0.1) is 0 Å². The second kappa shape index (κ2) is 8.36. The van der Waals surface area contributed by atoms with Crippen LogP contribution in [0.2, 0.25) is 0 Å². The Bertz CT molecular complexity index is 1620. The summed E-state index contributed by atoms with van der Waals surface area (Å²) in [6, 6.07) is 32.1. The number of nitrogens with zero attached hydrogens (tertiary/aromatic N) is 1. The minimum Gasteiger partial charge on any atom is -0.407 e. The zero-order valence-corrected chi connectivity index (χ0v) is 20.5. The Morgan fingerprint density at radius 1 is 0.647 bits per heavy atom. The summed E-state index contributed by atoms with van der Waals surface area (Å²) in [5.74, 6) is 0. The van der Waals surface area contributed by atoms with Crippen LogP contribution in [0.4, 0.5) is 0 Å². The Morgan fingerprint density at radius 3 is 1.65 bits per heavy atom. The molecule has 1 aromatic heterocycles. The summed E-state index contributed by atoms with van der Waals surface area (Å²) in [6.07, 6.45) is 0. The first-order chi connectivity index (χ1) is 16.6. The van der Waals surface area contributed by atoms with Crippen molar-refractivity contribution in [1.29, 1.82) is 0 Å². The zero-order chi connectivity index (χ0) is 23.2. The predicted octanol–water partition coefficient (Wildman–Crippen LogP) is 8.98. The van der Waals surface area contributed by atoms with Gasteiger partial charge in [0, 0.05) is 24.4 Å². The van der Waals surface area contributed by atoms with Gasteiger partial charge in [-0.25, -0.2) is 4.67 Å². The summed E-state index contributed by atoms with van der Waals surface area (Å²) in [5.41, 5.74) is 5.31. The second-order valence-corrected chi connectivity index (χ2v) is 10.5. The van der Waals surface area contributed by atoms with Gasteiger partial charge in [-0.1, -0.05) is 78.9 Å². The molecule has 34 heavy (non-hydrogen) atoms. The largest absolute Gasteiger partial charge is 0.407 e. The van der Waals surface area contributed by atoms with E-state index in [1.165, 1.54) is 27.1 Å². The van der Waals surface area contributed by atoms with E-state index in [1.54, 1.807) is 0 Å². The van der Waals surface area contributed by atoms with E-state index in [2.05, 4.69) is 110 Å². The molecule has 0 saturated heterocycles. The van der Waals surface area contributed by atoms with E-state index >= 15 is 0 Å². The molecule has 0 radical (unpaired) electrons. The van der Waals surface area contributed by atoms with Crippen molar-refractivity contribution in [3.05, 3.63) is 108 Å². The average molecular weight is 464 g/mol. The third kappa shape index (κ3) is 3.49. The molecule has 1 heterocycles. The van der Waals surface area contributed by atoms with Crippen molar-refractivity contribution in [2.75, 3.05) is 11.7 Å². The fourth-order valence-corrected chi connectivity index (χ4v) is 6.27. The monoisotopic (exact) mass is 463 g/mol. The van der Waals surface area contributed by atoms with Crippen LogP contribution in [0.25, 0.3) is 43.5 Å². The fourth-order valence-electron chi connectivity index (χ4n) is 4.89. The highest BCUT2D eigenvalue weighted by Crippen LogP contribution is 2.43. The molecule has 0 saturated carbocycles. The number of aryl methyl sites for hydroxylation is 2. The smallest absolute Gasteiger partial charge is 0.309 e. The zero-order valence-electron chi connectivity index (χ0n) is 19.6. The van der Waals surface area contributed by atoms with Crippen LogP contribution in [-0.4, -0.2) is 7.05 Å². The molecule has 0 aliphatic carbocycles. The molecule has 0 aliphatic heterocycles. The third-order valence-electron chi connectivity index (χ3n) is 6.50. The quantitative estimate of drug-likeness (QED) is 0.262. The minimum atomic E-state index is -1.37. The van der Waals surface area contributed by atoms with Crippen LogP contribution in [0.1, 0.15) is 16.7 Å². The topological polar surface area (TPSA) is 29.5 Å². The summed E-state index contributed by atoms with van der Waals surface area (Å²) < 4.78 is 15.8. The lowest BCUT2D eigenvalue weighted by Gasteiger charge is -2.13. The lowest BCUT2D eigenvalue weighted by atomic mass is 9.95. The number of hydrogen-bond donors (Lipinski definition) is 0. The lowest BCUT2D eigenvalue weighted by Crippen LogP contribution is -2.11. The number of hydrogen-bond acceptors (Lipinski definition) is 3. The Kier molecular flexibility index (Phi) is 5.17. The van der Waals surface area contributed by atoms with Crippen molar-refractivity contribution >= 4 is 51.6 Å². The first-order valence-corrected chi connectivity index (χ1v) is 12.7. The summed E-state index contributed by atoms with van der Waals surface area (Å²) in [4.78, 5) is 0. The Morgan fingerprint density at radius 2 is 1.12 bits per heavy atom. The third-order valence-corrected chi connectivity index (χ3v) is 7.87. The molecule has 6 rings (SSSR count). The van der Waals surface area contributed by atoms with Crippen molar-refractivity contribution in [2.45, 2.75) is 20.4 Å². The van der Waals surface area contributed by atoms with Gasteiger partial charge in [0.05, 0.1) is 0 Å². The molecular formula is C30H26NO2P. The molecule has 0 N–H and O–H groups in total. The lowest BCUT2D eigenvalue weighted by molar-refractivity contribution is 0.625. The van der Waals surface area contributed by atoms with E-state index in [0.29, 0.717) is 0 Å².